The van der Waals surface area contributed by atoms with Gasteiger partial charge in [-0.3, -0.25) is 4.79 Å². The van der Waals surface area contributed by atoms with Crippen LogP contribution in [0.4, 0.5) is 0 Å². The van der Waals surface area contributed by atoms with Crippen LogP contribution in [0.1, 0.15) is 6.42 Å². The van der Waals surface area contributed by atoms with E-state index in [0.717, 1.165) is 25.1 Å². The molecule has 4 N–H and O–H groups in total. The fourth-order valence-electron chi connectivity index (χ4n) is 1.80. The molecule has 0 bridgehead atoms. The van der Waals surface area contributed by atoms with Crippen molar-refractivity contribution in [2.24, 2.45) is 5.73 Å². The van der Waals surface area contributed by atoms with Gasteiger partial charge in [0.05, 0.1) is 0 Å². The number of hydrogen-bond acceptors (Lipinski definition) is 3. The summed E-state index contributed by atoms with van der Waals surface area (Å²) in [6.45, 7) is 2.48. The summed E-state index contributed by atoms with van der Waals surface area (Å²) in [5.41, 5.74) is 8.19. The van der Waals surface area contributed by atoms with Crippen molar-refractivity contribution in [3.05, 3.63) is 22.9 Å². The third kappa shape index (κ3) is 1.45. The van der Waals surface area contributed by atoms with E-state index in [-0.39, 0.29) is 5.91 Å². The molecule has 4 nitrogen and oxygen atoms in total. The van der Waals surface area contributed by atoms with Crippen LogP contribution in [0, 0.1) is 0 Å². The minimum atomic E-state index is -0.345. The van der Waals surface area contributed by atoms with Crippen LogP contribution in [-0.4, -0.2) is 25.5 Å². The molecule has 0 aromatic heterocycles. The van der Waals surface area contributed by atoms with Gasteiger partial charge in [0.25, 0.3) is 5.91 Å². The first kappa shape index (κ1) is 8.31. The van der Waals surface area contributed by atoms with Crippen molar-refractivity contribution in [2.75, 3.05) is 19.6 Å². The molecule has 1 amide bonds. The van der Waals surface area contributed by atoms with Crippen LogP contribution in [0.15, 0.2) is 22.9 Å². The zero-order chi connectivity index (χ0) is 9.26. The number of nitrogens with two attached hydrogens (primary N) is 1. The van der Waals surface area contributed by atoms with Crippen molar-refractivity contribution >= 4 is 5.91 Å². The van der Waals surface area contributed by atoms with Gasteiger partial charge in [-0.25, -0.2) is 0 Å². The zero-order valence-electron chi connectivity index (χ0n) is 7.39. The Hall–Kier alpha value is -1.29. The monoisotopic (exact) mass is 179 g/mol. The fraction of sp³-hybridized carbons (Fsp3) is 0.444. The lowest BCUT2D eigenvalue weighted by atomic mass is 9.94. The number of piperidine rings is 1. The molecule has 1 fully saturated rings. The predicted molar refractivity (Wildman–Crippen MR) is 49.8 cm³/mol. The lowest BCUT2D eigenvalue weighted by Crippen LogP contribution is -2.36. The molecule has 0 radical (unpaired) electrons. The quantitative estimate of drug-likeness (QED) is 0.496. The number of nitrogens with one attached hydrogen (secondary N) is 2. The molecule has 0 spiro atoms. The van der Waals surface area contributed by atoms with Gasteiger partial charge in [0.1, 0.15) is 5.70 Å². The molecule has 0 aromatic carbocycles. The van der Waals surface area contributed by atoms with Crippen LogP contribution in [0.25, 0.3) is 0 Å². The summed E-state index contributed by atoms with van der Waals surface area (Å²) < 4.78 is 0. The highest BCUT2D eigenvalue weighted by molar-refractivity contribution is 5.93. The van der Waals surface area contributed by atoms with Gasteiger partial charge in [0.2, 0.25) is 0 Å². The van der Waals surface area contributed by atoms with Gasteiger partial charge in [0, 0.05) is 13.1 Å². The number of dihydropyridines is 1. The highest BCUT2D eigenvalue weighted by Gasteiger charge is 2.21. The van der Waals surface area contributed by atoms with E-state index in [2.05, 4.69) is 16.7 Å². The second kappa shape index (κ2) is 3.22. The Bertz CT molecular complexity index is 304. The maximum absolute atomic E-state index is 11.1. The Kier molecular flexibility index (Phi) is 2.06. The lowest BCUT2D eigenvalue weighted by molar-refractivity contribution is -0.115. The van der Waals surface area contributed by atoms with Crippen LogP contribution in [0.3, 0.4) is 0 Å². The Balaban J connectivity index is 2.36. The van der Waals surface area contributed by atoms with Crippen LogP contribution < -0.4 is 16.4 Å². The van der Waals surface area contributed by atoms with Gasteiger partial charge >= 0.3 is 0 Å². The fourth-order valence-corrected chi connectivity index (χ4v) is 1.80. The average Bonchev–Trinajstić information content (AvgIpc) is 2.17. The number of fused-ring (bicyclic) bond motifs is 1. The van der Waals surface area contributed by atoms with Crippen LogP contribution in [-0.2, 0) is 4.79 Å². The molecule has 0 unspecified atom stereocenters. The topological polar surface area (TPSA) is 67.2 Å². The van der Waals surface area contributed by atoms with Crippen molar-refractivity contribution in [3.63, 3.8) is 0 Å². The summed E-state index contributed by atoms with van der Waals surface area (Å²) >= 11 is 0. The molecule has 1 saturated heterocycles. The normalized spacial score (nSPS) is 21.7. The largest absolute Gasteiger partial charge is 0.377 e. The molecule has 0 atom stereocenters. The standard InChI is InChI=1S/C9H13N3O/c10-9(13)8-7-2-3-11-5-6(7)1-4-12-8/h1,11-12H,2-5H2,(H2,10,13). The van der Waals surface area contributed by atoms with Crippen LogP contribution in [0.2, 0.25) is 0 Å². The average molecular weight is 179 g/mol. The Morgan fingerprint density at radius 2 is 2.38 bits per heavy atom. The molecule has 2 rings (SSSR count). The Labute approximate surface area is 76.9 Å². The summed E-state index contributed by atoms with van der Waals surface area (Å²) in [5, 5.41) is 6.28. The summed E-state index contributed by atoms with van der Waals surface area (Å²) in [7, 11) is 0. The maximum Gasteiger partial charge on any atom is 0.265 e. The van der Waals surface area contributed by atoms with E-state index in [9.17, 15) is 4.79 Å². The van der Waals surface area contributed by atoms with Crippen molar-refractivity contribution in [1.29, 1.82) is 0 Å². The van der Waals surface area contributed by atoms with E-state index < -0.39 is 0 Å². The van der Waals surface area contributed by atoms with Crippen LogP contribution in [0.5, 0.6) is 0 Å². The number of amides is 1. The first-order valence-corrected chi connectivity index (χ1v) is 4.46. The Morgan fingerprint density at radius 1 is 1.54 bits per heavy atom. The lowest BCUT2D eigenvalue weighted by Gasteiger charge is -2.26. The molecule has 2 aliphatic rings. The van der Waals surface area contributed by atoms with E-state index in [1.165, 1.54) is 5.57 Å². The second-order valence-electron chi connectivity index (χ2n) is 3.25. The van der Waals surface area contributed by atoms with Gasteiger partial charge in [-0.05, 0) is 24.1 Å². The first-order valence-electron chi connectivity index (χ1n) is 4.46. The van der Waals surface area contributed by atoms with E-state index in [1.807, 2.05) is 0 Å². The molecule has 0 aliphatic carbocycles. The van der Waals surface area contributed by atoms with Crippen molar-refractivity contribution < 1.29 is 4.79 Å². The van der Waals surface area contributed by atoms with E-state index in [0.29, 0.717) is 12.2 Å². The van der Waals surface area contributed by atoms with E-state index >= 15 is 0 Å². The van der Waals surface area contributed by atoms with Gasteiger partial charge in [-0.15, -0.1) is 0 Å². The maximum atomic E-state index is 11.1. The minimum absolute atomic E-state index is 0.345. The van der Waals surface area contributed by atoms with Gasteiger partial charge in [0.15, 0.2) is 0 Å². The molecule has 13 heavy (non-hydrogen) atoms. The van der Waals surface area contributed by atoms with Gasteiger partial charge in [-0.1, -0.05) is 6.08 Å². The second-order valence-corrected chi connectivity index (χ2v) is 3.25. The molecule has 0 saturated carbocycles. The van der Waals surface area contributed by atoms with E-state index in [4.69, 9.17) is 5.73 Å². The Morgan fingerprint density at radius 3 is 3.15 bits per heavy atom. The summed E-state index contributed by atoms with van der Waals surface area (Å²) in [5.74, 6) is -0.345. The van der Waals surface area contributed by atoms with Gasteiger partial charge in [-0.2, -0.15) is 0 Å². The number of hydrogen-bond donors (Lipinski definition) is 3. The summed E-state index contributed by atoms with van der Waals surface area (Å²) in [4.78, 5) is 11.1. The highest BCUT2D eigenvalue weighted by Crippen LogP contribution is 2.22. The van der Waals surface area contributed by atoms with Crippen molar-refractivity contribution in [2.45, 2.75) is 6.42 Å². The number of rotatable bonds is 1. The molecule has 0 aromatic rings. The minimum Gasteiger partial charge on any atom is -0.377 e. The first-order chi connectivity index (χ1) is 6.29. The molecular formula is C9H13N3O. The number of carbonyl (C=O) groups is 1. The highest BCUT2D eigenvalue weighted by atomic mass is 16.1. The van der Waals surface area contributed by atoms with E-state index in [1.54, 1.807) is 0 Å². The third-order valence-corrected chi connectivity index (χ3v) is 2.43. The molecular weight excluding hydrogens is 166 g/mol. The third-order valence-electron chi connectivity index (χ3n) is 2.43. The van der Waals surface area contributed by atoms with Crippen LogP contribution >= 0.6 is 0 Å². The van der Waals surface area contributed by atoms with Crippen molar-refractivity contribution in [1.82, 2.24) is 10.6 Å². The van der Waals surface area contributed by atoms with Gasteiger partial charge < -0.3 is 16.4 Å². The summed E-state index contributed by atoms with van der Waals surface area (Å²) in [6.07, 6.45) is 2.99. The molecule has 2 heterocycles. The number of carbonyl (C=O) groups excluding carboxylic acids is 1. The SMILES string of the molecule is NC(=O)C1=C2CCNCC2=CCN1. The number of primary amides is 1. The molecule has 4 heteroatoms. The smallest absolute Gasteiger partial charge is 0.265 e. The predicted octanol–water partition coefficient (Wildman–Crippen LogP) is -0.751. The zero-order valence-corrected chi connectivity index (χ0v) is 7.39. The molecule has 70 valence electrons. The summed E-state index contributed by atoms with van der Waals surface area (Å²) in [6, 6.07) is 0. The van der Waals surface area contributed by atoms with Crippen molar-refractivity contribution in [3.8, 4) is 0 Å². The molecule has 2 aliphatic heterocycles.